The molecule has 0 bridgehead atoms. The molecule has 0 aliphatic heterocycles. The lowest BCUT2D eigenvalue weighted by Crippen LogP contribution is -2.29. The number of anilines is 1. The molecule has 0 saturated heterocycles. The smallest absolute Gasteiger partial charge is 0.244 e. The molecule has 0 radical (unpaired) electrons. The number of benzene rings is 1. The van der Waals surface area contributed by atoms with Crippen molar-refractivity contribution in [1.82, 2.24) is 0 Å². The average Bonchev–Trinajstić information content (AvgIpc) is 2.31. The Morgan fingerprint density at radius 3 is 2.59 bits per heavy atom. The Morgan fingerprint density at radius 2 is 2.06 bits per heavy atom. The van der Waals surface area contributed by atoms with Gasteiger partial charge in [-0.2, -0.15) is 10.5 Å². The van der Waals surface area contributed by atoms with Crippen LogP contribution in [0.1, 0.15) is 19.4 Å². The Morgan fingerprint density at radius 1 is 1.41 bits per heavy atom. The van der Waals surface area contributed by atoms with E-state index in [9.17, 15) is 4.79 Å². The second kappa shape index (κ2) is 4.86. The number of carbonyl (C=O) groups excluding carboxylic acids is 1. The summed E-state index contributed by atoms with van der Waals surface area (Å²) in [4.78, 5) is 11.7. The molecule has 86 valence electrons. The van der Waals surface area contributed by atoms with Crippen molar-refractivity contribution in [2.24, 2.45) is 5.41 Å². The van der Waals surface area contributed by atoms with Crippen LogP contribution in [0, 0.1) is 28.1 Å². The van der Waals surface area contributed by atoms with Gasteiger partial charge in [-0.3, -0.25) is 4.79 Å². The summed E-state index contributed by atoms with van der Waals surface area (Å²) in [6.45, 7) is 3.01. The molecule has 0 atom stereocenters. The minimum absolute atomic E-state index is 0.325. The van der Waals surface area contributed by atoms with Crippen molar-refractivity contribution in [2.75, 3.05) is 5.32 Å². The van der Waals surface area contributed by atoms with Gasteiger partial charge in [-0.05, 0) is 32.0 Å². The van der Waals surface area contributed by atoms with Crippen molar-refractivity contribution in [3.05, 3.63) is 28.8 Å². The molecule has 0 spiro atoms. The molecular formula is C12H10ClN3O. The predicted octanol–water partition coefficient (Wildman–Crippen LogP) is 2.70. The SMILES string of the molecule is CC(C)(C#N)C(=O)Nc1cc(C#N)ccc1Cl. The number of amides is 1. The Balaban J connectivity index is 3.02. The highest BCUT2D eigenvalue weighted by Crippen LogP contribution is 2.25. The maximum Gasteiger partial charge on any atom is 0.244 e. The van der Waals surface area contributed by atoms with E-state index in [4.69, 9.17) is 22.1 Å². The van der Waals surface area contributed by atoms with E-state index in [-0.39, 0.29) is 0 Å². The number of carbonyl (C=O) groups is 1. The number of hydrogen-bond donors (Lipinski definition) is 1. The van der Waals surface area contributed by atoms with Crippen molar-refractivity contribution >= 4 is 23.2 Å². The summed E-state index contributed by atoms with van der Waals surface area (Å²) < 4.78 is 0. The van der Waals surface area contributed by atoms with Crippen LogP contribution in [0.3, 0.4) is 0 Å². The second-order valence-corrected chi connectivity index (χ2v) is 4.40. The molecule has 4 nitrogen and oxygen atoms in total. The van der Waals surface area contributed by atoms with Gasteiger partial charge in [-0.1, -0.05) is 11.6 Å². The largest absolute Gasteiger partial charge is 0.323 e. The van der Waals surface area contributed by atoms with Crippen LogP contribution in [0.25, 0.3) is 0 Å². The Hall–Kier alpha value is -2.04. The van der Waals surface area contributed by atoms with Crippen LogP contribution in [-0.2, 0) is 4.79 Å². The topological polar surface area (TPSA) is 76.7 Å². The number of nitriles is 2. The van der Waals surface area contributed by atoms with Crippen molar-refractivity contribution in [2.45, 2.75) is 13.8 Å². The molecule has 1 rings (SSSR count). The molecule has 0 saturated carbocycles. The minimum Gasteiger partial charge on any atom is -0.323 e. The molecule has 17 heavy (non-hydrogen) atoms. The predicted molar refractivity (Wildman–Crippen MR) is 64.2 cm³/mol. The fourth-order valence-electron chi connectivity index (χ4n) is 1.02. The Labute approximate surface area is 104 Å². The molecule has 0 unspecified atom stereocenters. The second-order valence-electron chi connectivity index (χ2n) is 4.00. The summed E-state index contributed by atoms with van der Waals surface area (Å²) in [5.74, 6) is -0.461. The molecule has 5 heteroatoms. The molecule has 1 amide bonds. The number of nitrogens with one attached hydrogen (secondary N) is 1. The zero-order valence-corrected chi connectivity index (χ0v) is 10.2. The Kier molecular flexibility index (Phi) is 3.73. The molecule has 0 aliphatic rings. The van der Waals surface area contributed by atoms with Gasteiger partial charge in [0, 0.05) is 0 Å². The maximum atomic E-state index is 11.7. The van der Waals surface area contributed by atoms with Crippen LogP contribution in [0.5, 0.6) is 0 Å². The first-order valence-electron chi connectivity index (χ1n) is 4.83. The first kappa shape index (κ1) is 13.0. The van der Waals surface area contributed by atoms with Gasteiger partial charge in [0.25, 0.3) is 0 Å². The summed E-state index contributed by atoms with van der Waals surface area (Å²) in [5.41, 5.74) is -0.426. The Bertz CT molecular complexity index is 538. The number of rotatable bonds is 2. The number of halogens is 1. The van der Waals surface area contributed by atoms with E-state index in [0.29, 0.717) is 16.3 Å². The maximum absolute atomic E-state index is 11.7. The van der Waals surface area contributed by atoms with Gasteiger partial charge >= 0.3 is 0 Å². The first-order valence-corrected chi connectivity index (χ1v) is 5.21. The van der Waals surface area contributed by atoms with Gasteiger partial charge in [0.2, 0.25) is 5.91 Å². The minimum atomic E-state index is -1.15. The number of nitrogens with zero attached hydrogens (tertiary/aromatic N) is 2. The zero-order valence-electron chi connectivity index (χ0n) is 9.41. The van der Waals surface area contributed by atoms with Gasteiger partial charge in [0.15, 0.2) is 0 Å². The third-order valence-electron chi connectivity index (χ3n) is 2.19. The third-order valence-corrected chi connectivity index (χ3v) is 2.52. The summed E-state index contributed by atoms with van der Waals surface area (Å²) >= 11 is 5.88. The summed E-state index contributed by atoms with van der Waals surface area (Å²) in [5, 5.41) is 20.4. The highest BCUT2D eigenvalue weighted by molar-refractivity contribution is 6.33. The standard InChI is InChI=1S/C12H10ClN3O/c1-12(2,7-15)11(17)16-10-5-8(6-14)3-4-9(10)13/h3-5H,1-2H3,(H,16,17). The van der Waals surface area contributed by atoms with Crippen LogP contribution in [-0.4, -0.2) is 5.91 Å². The van der Waals surface area contributed by atoms with E-state index in [2.05, 4.69) is 5.32 Å². The van der Waals surface area contributed by atoms with E-state index in [1.807, 2.05) is 12.1 Å². The summed E-state index contributed by atoms with van der Waals surface area (Å²) in [6, 6.07) is 8.37. The highest BCUT2D eigenvalue weighted by Gasteiger charge is 2.27. The van der Waals surface area contributed by atoms with Crippen LogP contribution in [0.2, 0.25) is 5.02 Å². The molecule has 1 aromatic rings. The molecule has 0 aromatic heterocycles. The van der Waals surface area contributed by atoms with Gasteiger partial charge in [-0.25, -0.2) is 0 Å². The lowest BCUT2D eigenvalue weighted by atomic mass is 9.94. The third kappa shape index (κ3) is 2.96. The van der Waals surface area contributed by atoms with Gasteiger partial charge in [0.1, 0.15) is 5.41 Å². The van der Waals surface area contributed by atoms with E-state index in [1.165, 1.54) is 26.0 Å². The van der Waals surface area contributed by atoms with Crippen molar-refractivity contribution in [3.63, 3.8) is 0 Å². The fraction of sp³-hybridized carbons (Fsp3) is 0.250. The van der Waals surface area contributed by atoms with Gasteiger partial charge < -0.3 is 5.32 Å². The molecule has 1 N–H and O–H groups in total. The molecular weight excluding hydrogens is 238 g/mol. The van der Waals surface area contributed by atoms with E-state index in [0.717, 1.165) is 0 Å². The fourth-order valence-corrected chi connectivity index (χ4v) is 1.18. The van der Waals surface area contributed by atoms with Gasteiger partial charge in [-0.15, -0.1) is 0 Å². The highest BCUT2D eigenvalue weighted by atomic mass is 35.5. The molecule has 0 heterocycles. The van der Waals surface area contributed by atoms with Crippen molar-refractivity contribution in [1.29, 1.82) is 10.5 Å². The van der Waals surface area contributed by atoms with E-state index in [1.54, 1.807) is 6.07 Å². The normalized spacial score (nSPS) is 10.2. The van der Waals surface area contributed by atoms with Gasteiger partial charge in [0.05, 0.1) is 28.4 Å². The summed E-state index contributed by atoms with van der Waals surface area (Å²) in [7, 11) is 0. The molecule has 0 aliphatic carbocycles. The van der Waals surface area contributed by atoms with Crippen LogP contribution >= 0.6 is 11.6 Å². The summed E-state index contributed by atoms with van der Waals surface area (Å²) in [6.07, 6.45) is 0. The van der Waals surface area contributed by atoms with E-state index < -0.39 is 11.3 Å². The quantitative estimate of drug-likeness (QED) is 0.873. The lowest BCUT2D eigenvalue weighted by Gasteiger charge is -2.15. The van der Waals surface area contributed by atoms with Crippen molar-refractivity contribution < 1.29 is 4.79 Å². The monoisotopic (exact) mass is 247 g/mol. The van der Waals surface area contributed by atoms with Crippen molar-refractivity contribution in [3.8, 4) is 12.1 Å². The number of hydrogen-bond acceptors (Lipinski definition) is 3. The van der Waals surface area contributed by atoms with Crippen LogP contribution in [0.4, 0.5) is 5.69 Å². The average molecular weight is 248 g/mol. The first-order chi connectivity index (χ1) is 7.90. The van der Waals surface area contributed by atoms with Crippen LogP contribution < -0.4 is 5.32 Å². The molecule has 1 aromatic carbocycles. The van der Waals surface area contributed by atoms with Crippen LogP contribution in [0.15, 0.2) is 18.2 Å². The zero-order chi connectivity index (χ0) is 13.1. The molecule has 0 fully saturated rings. The van der Waals surface area contributed by atoms with E-state index >= 15 is 0 Å². The lowest BCUT2D eigenvalue weighted by molar-refractivity contribution is -0.121.